The van der Waals surface area contributed by atoms with Gasteiger partial charge in [-0.1, -0.05) is 48.2 Å². The molecule has 0 radical (unpaired) electrons. The van der Waals surface area contributed by atoms with Gasteiger partial charge in [-0.3, -0.25) is 4.79 Å². The monoisotopic (exact) mass is 385 g/mol. The van der Waals surface area contributed by atoms with Crippen molar-refractivity contribution in [2.45, 2.75) is 6.54 Å². The number of methoxy groups -OCH3 is 1. The van der Waals surface area contributed by atoms with Gasteiger partial charge in [-0.05, 0) is 42.0 Å². The molecule has 0 aliphatic rings. The van der Waals surface area contributed by atoms with Crippen LogP contribution in [0.3, 0.4) is 0 Å². The Morgan fingerprint density at radius 3 is 2.41 bits per heavy atom. The molecule has 0 amide bonds. The summed E-state index contributed by atoms with van der Waals surface area (Å²) in [6.45, 7) is 0.0627. The average molecular weight is 385 g/mol. The number of ketones is 1. The number of Topliss-reactive ketones (excluding diaryl/α,β-unsaturated/α-hetero) is 1. The van der Waals surface area contributed by atoms with E-state index in [1.54, 1.807) is 48.2 Å². The SMILES string of the molecule is COc1ccc(C(=O)C[n+]2nn(/C=C(\[O-])c3ccccc3)c3ccccc32)cc1. The summed E-state index contributed by atoms with van der Waals surface area (Å²) in [5, 5.41) is 17.0. The fraction of sp³-hybridized carbons (Fsp3) is 0.0870. The van der Waals surface area contributed by atoms with Crippen molar-refractivity contribution in [1.29, 1.82) is 0 Å². The number of hydrogen-bond acceptors (Lipinski definition) is 4. The second-order valence-electron chi connectivity index (χ2n) is 6.49. The first-order valence-corrected chi connectivity index (χ1v) is 9.14. The van der Waals surface area contributed by atoms with E-state index in [4.69, 9.17) is 4.74 Å². The van der Waals surface area contributed by atoms with Gasteiger partial charge in [0, 0.05) is 5.56 Å². The average Bonchev–Trinajstić information content (AvgIpc) is 3.11. The molecule has 6 heteroatoms. The highest BCUT2D eigenvalue weighted by Crippen LogP contribution is 2.15. The summed E-state index contributed by atoms with van der Waals surface area (Å²) in [4.78, 5) is 12.7. The Hall–Kier alpha value is -3.93. The van der Waals surface area contributed by atoms with Crippen LogP contribution in [0.2, 0.25) is 0 Å². The second-order valence-corrected chi connectivity index (χ2v) is 6.49. The number of nitrogens with zero attached hydrogens (tertiary/aromatic N) is 3. The van der Waals surface area contributed by atoms with E-state index in [0.717, 1.165) is 11.0 Å². The topological polar surface area (TPSA) is 71.1 Å². The third-order valence-electron chi connectivity index (χ3n) is 4.61. The van der Waals surface area contributed by atoms with Crippen LogP contribution in [0.5, 0.6) is 5.75 Å². The van der Waals surface area contributed by atoms with Gasteiger partial charge in [0.25, 0.3) is 0 Å². The van der Waals surface area contributed by atoms with Gasteiger partial charge >= 0.3 is 0 Å². The molecule has 0 N–H and O–H groups in total. The van der Waals surface area contributed by atoms with Gasteiger partial charge in [0.1, 0.15) is 11.9 Å². The Bertz CT molecular complexity index is 1180. The van der Waals surface area contributed by atoms with Crippen LogP contribution in [0.4, 0.5) is 0 Å². The predicted molar refractivity (Wildman–Crippen MR) is 108 cm³/mol. The molecular formula is C23H19N3O3. The van der Waals surface area contributed by atoms with Crippen molar-refractivity contribution in [2.24, 2.45) is 0 Å². The fourth-order valence-corrected chi connectivity index (χ4v) is 3.09. The van der Waals surface area contributed by atoms with Crippen LogP contribution < -0.4 is 14.5 Å². The zero-order valence-corrected chi connectivity index (χ0v) is 15.9. The molecule has 144 valence electrons. The lowest BCUT2D eigenvalue weighted by Gasteiger charge is -2.08. The van der Waals surface area contributed by atoms with E-state index in [0.29, 0.717) is 16.9 Å². The maximum atomic E-state index is 12.7. The minimum absolute atomic E-state index is 0.0627. The molecule has 0 fully saturated rings. The molecule has 0 saturated heterocycles. The molecule has 1 heterocycles. The van der Waals surface area contributed by atoms with Gasteiger partial charge in [0.05, 0.1) is 12.3 Å². The van der Waals surface area contributed by atoms with Crippen molar-refractivity contribution in [3.8, 4) is 5.75 Å². The Labute approximate surface area is 167 Å². The zero-order valence-electron chi connectivity index (χ0n) is 15.9. The van der Waals surface area contributed by atoms with Gasteiger partial charge in [-0.25, -0.2) is 0 Å². The van der Waals surface area contributed by atoms with Crippen molar-refractivity contribution >= 4 is 28.8 Å². The highest BCUT2D eigenvalue weighted by molar-refractivity contribution is 5.95. The Morgan fingerprint density at radius 1 is 1.00 bits per heavy atom. The number of hydrogen-bond donors (Lipinski definition) is 0. The summed E-state index contributed by atoms with van der Waals surface area (Å²) in [7, 11) is 1.58. The van der Waals surface area contributed by atoms with Crippen LogP contribution in [0.1, 0.15) is 15.9 Å². The number of benzene rings is 3. The van der Waals surface area contributed by atoms with Crippen LogP contribution in [0.15, 0.2) is 78.9 Å². The van der Waals surface area contributed by atoms with E-state index in [1.165, 1.54) is 10.9 Å². The molecule has 3 aromatic carbocycles. The summed E-state index contributed by atoms with van der Waals surface area (Å²) in [6, 6.07) is 23.5. The molecular weight excluding hydrogens is 366 g/mol. The number of ether oxygens (including phenoxy) is 1. The van der Waals surface area contributed by atoms with E-state index in [2.05, 4.69) is 5.21 Å². The third-order valence-corrected chi connectivity index (χ3v) is 4.61. The second kappa shape index (κ2) is 7.98. The van der Waals surface area contributed by atoms with Crippen molar-refractivity contribution in [1.82, 2.24) is 9.90 Å². The van der Waals surface area contributed by atoms with E-state index in [9.17, 15) is 9.90 Å². The molecule has 0 unspecified atom stereocenters. The lowest BCUT2D eigenvalue weighted by atomic mass is 10.1. The molecule has 0 saturated carbocycles. The van der Waals surface area contributed by atoms with Crippen molar-refractivity contribution in [2.75, 3.05) is 7.11 Å². The first-order valence-electron chi connectivity index (χ1n) is 9.14. The maximum Gasteiger partial charge on any atom is 0.206 e. The highest BCUT2D eigenvalue weighted by Gasteiger charge is 2.20. The minimum atomic E-state index is -0.160. The van der Waals surface area contributed by atoms with E-state index in [-0.39, 0.29) is 18.1 Å². The number of para-hydroxylation sites is 2. The number of aromatic nitrogens is 3. The Kier molecular flexibility index (Phi) is 5.07. The first kappa shape index (κ1) is 18.4. The van der Waals surface area contributed by atoms with Crippen molar-refractivity contribution < 1.29 is 19.3 Å². The lowest BCUT2D eigenvalue weighted by molar-refractivity contribution is -0.719. The van der Waals surface area contributed by atoms with E-state index in [1.807, 2.05) is 42.5 Å². The zero-order chi connectivity index (χ0) is 20.2. The molecule has 4 aromatic rings. The maximum absolute atomic E-state index is 12.7. The summed E-state index contributed by atoms with van der Waals surface area (Å²) < 4.78 is 8.26. The summed E-state index contributed by atoms with van der Waals surface area (Å²) in [6.07, 6.45) is 1.44. The molecule has 0 aliphatic heterocycles. The normalized spacial score (nSPS) is 11.6. The van der Waals surface area contributed by atoms with E-state index >= 15 is 0 Å². The molecule has 0 aliphatic carbocycles. The van der Waals surface area contributed by atoms with Gasteiger partial charge < -0.3 is 9.84 Å². The van der Waals surface area contributed by atoms with Gasteiger partial charge in [-0.2, -0.15) is 0 Å². The molecule has 6 nitrogen and oxygen atoms in total. The Morgan fingerprint density at radius 2 is 1.69 bits per heavy atom. The lowest BCUT2D eigenvalue weighted by Crippen LogP contribution is -2.40. The van der Waals surface area contributed by atoms with Crippen LogP contribution in [-0.4, -0.2) is 22.8 Å². The number of carbonyl (C=O) groups is 1. The van der Waals surface area contributed by atoms with E-state index < -0.39 is 0 Å². The van der Waals surface area contributed by atoms with Crippen LogP contribution >= 0.6 is 0 Å². The quantitative estimate of drug-likeness (QED) is 0.291. The highest BCUT2D eigenvalue weighted by atomic mass is 16.5. The molecule has 1 aromatic heterocycles. The summed E-state index contributed by atoms with van der Waals surface area (Å²) >= 11 is 0. The summed E-state index contributed by atoms with van der Waals surface area (Å²) in [5.74, 6) is 0.452. The standard InChI is InChI=1S/C23H19N3O3/c1-29-19-13-11-18(12-14-19)23(28)16-26-21-10-6-5-9-20(21)25(24-26)15-22(27)17-7-3-2-4-8-17/h2-15H,16H2,1H3. The van der Waals surface area contributed by atoms with Crippen molar-refractivity contribution in [3.05, 3.63) is 90.0 Å². The smallest absolute Gasteiger partial charge is 0.206 e. The Balaban J connectivity index is 1.68. The van der Waals surface area contributed by atoms with Gasteiger partial charge in [0.15, 0.2) is 12.1 Å². The van der Waals surface area contributed by atoms with Gasteiger partial charge in [-0.15, -0.1) is 9.36 Å². The number of fused-ring (bicyclic) bond motifs is 1. The third kappa shape index (κ3) is 3.87. The largest absolute Gasteiger partial charge is 0.870 e. The minimum Gasteiger partial charge on any atom is -0.870 e. The molecule has 29 heavy (non-hydrogen) atoms. The van der Waals surface area contributed by atoms with Gasteiger partial charge in [0.2, 0.25) is 11.3 Å². The van der Waals surface area contributed by atoms with Crippen LogP contribution in [0, 0.1) is 0 Å². The molecule has 0 bridgehead atoms. The molecule has 0 spiro atoms. The number of rotatable bonds is 6. The summed E-state index contributed by atoms with van der Waals surface area (Å²) in [5.41, 5.74) is 2.67. The molecule has 0 atom stereocenters. The molecule has 4 rings (SSSR count). The fourth-order valence-electron chi connectivity index (χ4n) is 3.09. The van der Waals surface area contributed by atoms with Crippen molar-refractivity contribution in [3.63, 3.8) is 0 Å². The van der Waals surface area contributed by atoms with Crippen LogP contribution in [0.25, 0.3) is 23.0 Å². The number of carbonyl (C=O) groups excluding carboxylic acids is 1. The first-order chi connectivity index (χ1) is 14.2. The predicted octanol–water partition coefficient (Wildman–Crippen LogP) is 2.53. The van der Waals surface area contributed by atoms with Crippen LogP contribution in [-0.2, 0) is 6.54 Å².